The van der Waals surface area contributed by atoms with Crippen molar-refractivity contribution in [3.8, 4) is 0 Å². The number of nitrogens with two attached hydrogens (primary N) is 1. The minimum absolute atomic E-state index is 0.272. The van der Waals surface area contributed by atoms with Crippen molar-refractivity contribution in [3.05, 3.63) is 0 Å². The monoisotopic (exact) mass is 285 g/mol. The van der Waals surface area contributed by atoms with E-state index in [1.54, 1.807) is 7.05 Å². The number of rotatable bonds is 10. The number of hydrogen-bond acceptors (Lipinski definition) is 4. The van der Waals surface area contributed by atoms with Crippen LogP contribution in [-0.4, -0.2) is 55.7 Å². The van der Waals surface area contributed by atoms with Gasteiger partial charge in [-0.1, -0.05) is 6.92 Å². The summed E-state index contributed by atoms with van der Waals surface area (Å²) in [6, 6.07) is 0. The Morgan fingerprint density at radius 1 is 1.50 bits per heavy atom. The zero-order valence-corrected chi connectivity index (χ0v) is 13.3. The highest BCUT2D eigenvalue weighted by atomic mass is 16.5. The van der Waals surface area contributed by atoms with Crippen molar-refractivity contribution in [2.45, 2.75) is 57.6 Å². The first-order valence-corrected chi connectivity index (χ1v) is 7.84. The number of nitrogens with one attached hydrogen (secondary N) is 1. The SMILES string of the molecule is CCN(CCCCC(C)(NC)C(N)=O)CC1CCCO1. The van der Waals surface area contributed by atoms with Gasteiger partial charge in [0, 0.05) is 13.2 Å². The van der Waals surface area contributed by atoms with Crippen LogP contribution in [0.5, 0.6) is 0 Å². The molecule has 20 heavy (non-hydrogen) atoms. The summed E-state index contributed by atoms with van der Waals surface area (Å²) in [4.78, 5) is 13.8. The van der Waals surface area contributed by atoms with Gasteiger partial charge in [0.1, 0.15) is 0 Å². The molecular weight excluding hydrogens is 254 g/mol. The Kier molecular flexibility index (Phi) is 7.48. The lowest BCUT2D eigenvalue weighted by Gasteiger charge is -2.27. The predicted molar refractivity (Wildman–Crippen MR) is 81.6 cm³/mol. The summed E-state index contributed by atoms with van der Waals surface area (Å²) in [5.74, 6) is -0.272. The molecule has 2 atom stereocenters. The van der Waals surface area contributed by atoms with Gasteiger partial charge in [0.2, 0.25) is 5.91 Å². The Morgan fingerprint density at radius 2 is 2.25 bits per heavy atom. The number of likely N-dealkylation sites (N-methyl/N-ethyl adjacent to an activating group) is 2. The molecule has 0 radical (unpaired) electrons. The largest absolute Gasteiger partial charge is 0.377 e. The van der Waals surface area contributed by atoms with Gasteiger partial charge in [-0.25, -0.2) is 0 Å². The molecule has 2 unspecified atom stereocenters. The molecule has 0 saturated carbocycles. The molecule has 118 valence electrons. The minimum atomic E-state index is -0.578. The fourth-order valence-corrected chi connectivity index (χ4v) is 2.64. The minimum Gasteiger partial charge on any atom is -0.377 e. The summed E-state index contributed by atoms with van der Waals surface area (Å²) in [7, 11) is 1.79. The molecule has 0 spiro atoms. The molecule has 1 aliphatic heterocycles. The summed E-state index contributed by atoms with van der Waals surface area (Å²) in [5, 5.41) is 3.03. The molecule has 5 heteroatoms. The first kappa shape index (κ1) is 17.4. The van der Waals surface area contributed by atoms with Gasteiger partial charge >= 0.3 is 0 Å². The Hall–Kier alpha value is -0.650. The summed E-state index contributed by atoms with van der Waals surface area (Å²) < 4.78 is 5.68. The Morgan fingerprint density at radius 3 is 2.75 bits per heavy atom. The van der Waals surface area contributed by atoms with E-state index in [0.29, 0.717) is 6.10 Å². The summed E-state index contributed by atoms with van der Waals surface area (Å²) in [5.41, 5.74) is 4.85. The van der Waals surface area contributed by atoms with Crippen molar-refractivity contribution < 1.29 is 9.53 Å². The van der Waals surface area contributed by atoms with E-state index in [-0.39, 0.29) is 5.91 Å². The average molecular weight is 285 g/mol. The number of unbranched alkanes of at least 4 members (excludes halogenated alkanes) is 1. The van der Waals surface area contributed by atoms with Crippen LogP contribution in [0.25, 0.3) is 0 Å². The van der Waals surface area contributed by atoms with E-state index < -0.39 is 5.54 Å². The van der Waals surface area contributed by atoms with Crippen molar-refractivity contribution in [1.29, 1.82) is 0 Å². The molecular formula is C15H31N3O2. The third kappa shape index (κ3) is 5.38. The lowest BCUT2D eigenvalue weighted by Crippen LogP contribution is -2.51. The molecule has 0 bridgehead atoms. The molecule has 1 fully saturated rings. The number of carbonyl (C=O) groups is 1. The van der Waals surface area contributed by atoms with Crippen LogP contribution >= 0.6 is 0 Å². The third-order valence-corrected chi connectivity index (χ3v) is 4.43. The number of ether oxygens (including phenoxy) is 1. The predicted octanol–water partition coefficient (Wildman–Crippen LogP) is 1.12. The molecule has 1 aliphatic rings. The van der Waals surface area contributed by atoms with Gasteiger partial charge in [-0.05, 0) is 59.2 Å². The van der Waals surface area contributed by atoms with E-state index in [4.69, 9.17) is 10.5 Å². The highest BCUT2D eigenvalue weighted by Gasteiger charge is 2.28. The van der Waals surface area contributed by atoms with E-state index in [1.165, 1.54) is 12.8 Å². The molecule has 1 amide bonds. The normalized spacial score (nSPS) is 22.1. The van der Waals surface area contributed by atoms with Crippen LogP contribution in [0.1, 0.15) is 46.0 Å². The second kappa shape index (κ2) is 8.60. The number of primary amides is 1. The van der Waals surface area contributed by atoms with Gasteiger partial charge < -0.3 is 20.7 Å². The maximum Gasteiger partial charge on any atom is 0.237 e. The van der Waals surface area contributed by atoms with Crippen molar-refractivity contribution >= 4 is 5.91 Å². The average Bonchev–Trinajstić information content (AvgIpc) is 2.94. The van der Waals surface area contributed by atoms with Crippen LogP contribution in [0.3, 0.4) is 0 Å². The fraction of sp³-hybridized carbons (Fsp3) is 0.933. The molecule has 5 nitrogen and oxygen atoms in total. The van der Waals surface area contributed by atoms with Gasteiger partial charge in [-0.3, -0.25) is 4.79 Å². The van der Waals surface area contributed by atoms with Crippen molar-refractivity contribution in [3.63, 3.8) is 0 Å². The highest BCUT2D eigenvalue weighted by molar-refractivity contribution is 5.84. The van der Waals surface area contributed by atoms with E-state index >= 15 is 0 Å². The zero-order valence-electron chi connectivity index (χ0n) is 13.3. The summed E-state index contributed by atoms with van der Waals surface area (Å²) in [6.45, 7) is 8.14. The Balaban J connectivity index is 2.22. The number of carbonyl (C=O) groups excluding carboxylic acids is 1. The third-order valence-electron chi connectivity index (χ3n) is 4.43. The van der Waals surface area contributed by atoms with E-state index in [0.717, 1.165) is 45.5 Å². The highest BCUT2D eigenvalue weighted by Crippen LogP contribution is 2.15. The first-order chi connectivity index (χ1) is 9.51. The van der Waals surface area contributed by atoms with Gasteiger partial charge in [0.05, 0.1) is 11.6 Å². The molecule has 1 saturated heterocycles. The number of hydrogen-bond donors (Lipinski definition) is 2. The summed E-state index contributed by atoms with van der Waals surface area (Å²) >= 11 is 0. The van der Waals surface area contributed by atoms with Gasteiger partial charge in [-0.2, -0.15) is 0 Å². The smallest absolute Gasteiger partial charge is 0.237 e. The van der Waals surface area contributed by atoms with Gasteiger partial charge in [0.25, 0.3) is 0 Å². The zero-order chi connectivity index (χ0) is 15.0. The topological polar surface area (TPSA) is 67.6 Å². The molecule has 0 aromatic carbocycles. The molecule has 1 heterocycles. The van der Waals surface area contributed by atoms with Crippen molar-refractivity contribution in [2.24, 2.45) is 5.73 Å². The second-order valence-electron chi connectivity index (χ2n) is 5.93. The fourth-order valence-electron chi connectivity index (χ4n) is 2.64. The van der Waals surface area contributed by atoms with Gasteiger partial charge in [0.15, 0.2) is 0 Å². The molecule has 3 N–H and O–H groups in total. The Labute approximate surface area is 123 Å². The first-order valence-electron chi connectivity index (χ1n) is 7.84. The Bertz CT molecular complexity index is 293. The van der Waals surface area contributed by atoms with Crippen LogP contribution in [0, 0.1) is 0 Å². The second-order valence-corrected chi connectivity index (χ2v) is 5.93. The van der Waals surface area contributed by atoms with Crippen LogP contribution in [0.2, 0.25) is 0 Å². The number of nitrogens with zero attached hydrogens (tertiary/aromatic N) is 1. The standard InChI is InChI=1S/C15H31N3O2/c1-4-18(12-13-8-7-11-20-13)10-6-5-9-15(2,17-3)14(16)19/h13,17H,4-12H2,1-3H3,(H2,16,19). The van der Waals surface area contributed by atoms with Crippen molar-refractivity contribution in [2.75, 3.05) is 33.3 Å². The van der Waals surface area contributed by atoms with E-state index in [1.807, 2.05) is 6.92 Å². The molecule has 0 aliphatic carbocycles. The van der Waals surface area contributed by atoms with Crippen LogP contribution in [0.15, 0.2) is 0 Å². The molecule has 0 aromatic rings. The van der Waals surface area contributed by atoms with Crippen molar-refractivity contribution in [1.82, 2.24) is 10.2 Å². The molecule has 0 aromatic heterocycles. The van der Waals surface area contributed by atoms with Gasteiger partial charge in [-0.15, -0.1) is 0 Å². The van der Waals surface area contributed by atoms with Crippen LogP contribution < -0.4 is 11.1 Å². The van der Waals surface area contributed by atoms with Crippen LogP contribution in [-0.2, 0) is 9.53 Å². The quantitative estimate of drug-likeness (QED) is 0.590. The molecule has 1 rings (SSSR count). The maximum absolute atomic E-state index is 11.4. The van der Waals surface area contributed by atoms with E-state index in [2.05, 4.69) is 17.1 Å². The van der Waals surface area contributed by atoms with Crippen LogP contribution in [0.4, 0.5) is 0 Å². The summed E-state index contributed by atoms with van der Waals surface area (Å²) in [6.07, 6.45) is 5.68. The lowest BCUT2D eigenvalue weighted by atomic mass is 9.94. The van der Waals surface area contributed by atoms with E-state index in [9.17, 15) is 4.79 Å². The number of amides is 1. The lowest BCUT2D eigenvalue weighted by molar-refractivity contribution is -0.123. The maximum atomic E-state index is 11.4.